The van der Waals surface area contributed by atoms with Gasteiger partial charge < -0.3 is 4.74 Å². The minimum Gasteiger partial charge on any atom is -0.461 e. The van der Waals surface area contributed by atoms with Crippen LogP contribution < -0.4 is 0 Å². The number of esters is 1. The largest absolute Gasteiger partial charge is 0.461 e. The van der Waals surface area contributed by atoms with E-state index in [4.69, 9.17) is 4.74 Å². The number of carbonyl (C=O) groups is 2. The zero-order chi connectivity index (χ0) is 19.2. The van der Waals surface area contributed by atoms with E-state index in [1.165, 1.54) is 0 Å². The number of aromatic amines is 1. The molecule has 1 aliphatic rings. The van der Waals surface area contributed by atoms with E-state index in [2.05, 4.69) is 15.1 Å². The predicted molar refractivity (Wildman–Crippen MR) is 105 cm³/mol. The lowest BCUT2D eigenvalue weighted by Crippen LogP contribution is -2.38. The second kappa shape index (κ2) is 9.19. The fraction of sp³-hybridized carbons (Fsp3) is 0.450. The molecule has 0 spiro atoms. The first kappa shape index (κ1) is 19.6. The smallest absolute Gasteiger partial charge is 0.356 e. The minimum atomic E-state index is -0.386. The average molecular weight is 388 g/mol. The van der Waals surface area contributed by atoms with Crippen molar-refractivity contribution in [1.29, 1.82) is 0 Å². The van der Waals surface area contributed by atoms with Crippen LogP contribution in [0.2, 0.25) is 0 Å². The van der Waals surface area contributed by atoms with E-state index >= 15 is 0 Å². The van der Waals surface area contributed by atoms with Gasteiger partial charge in [-0.2, -0.15) is 5.10 Å². The molecule has 27 heavy (non-hydrogen) atoms. The van der Waals surface area contributed by atoms with E-state index < -0.39 is 0 Å². The van der Waals surface area contributed by atoms with Gasteiger partial charge in [0.05, 0.1) is 12.8 Å². The number of benzene rings is 1. The molecule has 6 nitrogen and oxygen atoms in total. The third-order valence-corrected chi connectivity index (χ3v) is 5.59. The Bertz CT molecular complexity index is 788. The minimum absolute atomic E-state index is 0.0168. The summed E-state index contributed by atoms with van der Waals surface area (Å²) >= 11 is 1.67. The topological polar surface area (TPSA) is 75.3 Å². The van der Waals surface area contributed by atoms with Gasteiger partial charge in [-0.3, -0.25) is 14.8 Å². The van der Waals surface area contributed by atoms with Crippen LogP contribution in [0.5, 0.6) is 0 Å². The number of ether oxygens (including phenoxy) is 1. The van der Waals surface area contributed by atoms with Crippen LogP contribution in [0.15, 0.2) is 35.4 Å². The Morgan fingerprint density at radius 1 is 1.33 bits per heavy atom. The average Bonchev–Trinajstić information content (AvgIpc) is 3.16. The van der Waals surface area contributed by atoms with Gasteiger partial charge in [-0.25, -0.2) is 4.79 Å². The quantitative estimate of drug-likeness (QED) is 0.446. The number of piperidine rings is 1. The van der Waals surface area contributed by atoms with Crippen LogP contribution in [-0.2, 0) is 11.3 Å². The lowest BCUT2D eigenvalue weighted by Gasteiger charge is -2.31. The third-order valence-electron chi connectivity index (χ3n) is 4.84. The Morgan fingerprint density at radius 2 is 2.11 bits per heavy atom. The summed E-state index contributed by atoms with van der Waals surface area (Å²) in [5, 5.41) is 6.72. The van der Waals surface area contributed by atoms with Gasteiger partial charge in [0.15, 0.2) is 5.78 Å². The van der Waals surface area contributed by atoms with Crippen molar-refractivity contribution in [3.05, 3.63) is 47.3 Å². The van der Waals surface area contributed by atoms with Gasteiger partial charge in [0.25, 0.3) is 0 Å². The monoisotopic (exact) mass is 387 g/mol. The van der Waals surface area contributed by atoms with E-state index in [-0.39, 0.29) is 17.7 Å². The second-order valence-corrected chi connectivity index (χ2v) is 7.54. The van der Waals surface area contributed by atoms with Crippen molar-refractivity contribution in [2.75, 3.05) is 26.0 Å². The summed E-state index contributed by atoms with van der Waals surface area (Å²) in [7, 11) is 0. The normalized spacial score (nSPS) is 17.6. The van der Waals surface area contributed by atoms with Crippen molar-refractivity contribution in [3.63, 3.8) is 0 Å². The molecule has 3 rings (SSSR count). The van der Waals surface area contributed by atoms with Gasteiger partial charge in [0.1, 0.15) is 5.69 Å². The number of Topliss-reactive ketones (excluding diaryl/α,β-unsaturated/α-hetero) is 1. The number of hydrogen-bond donors (Lipinski definition) is 1. The number of aromatic nitrogens is 2. The molecule has 1 aromatic carbocycles. The predicted octanol–water partition coefficient (Wildman–Crippen LogP) is 3.40. The van der Waals surface area contributed by atoms with Crippen molar-refractivity contribution in [2.24, 2.45) is 5.92 Å². The standard InChI is InChI=1S/C20H25N3O3S/c1-3-26-20(25)18-16(11-21-22-18)13-23-10-4-5-15(12-23)19(24)14-6-8-17(27-2)9-7-14/h6-9,11,15H,3-5,10,12-13H2,1-2H3,(H,21,22)/t15-/m1/s1. The highest BCUT2D eigenvalue weighted by Gasteiger charge is 2.28. The first-order chi connectivity index (χ1) is 13.1. The Kier molecular flexibility index (Phi) is 6.68. The number of thioether (sulfide) groups is 1. The van der Waals surface area contributed by atoms with Crippen molar-refractivity contribution in [3.8, 4) is 0 Å². The molecule has 1 fully saturated rings. The molecular weight excluding hydrogens is 362 g/mol. The van der Waals surface area contributed by atoms with Crippen LogP contribution in [0, 0.1) is 5.92 Å². The number of nitrogens with zero attached hydrogens (tertiary/aromatic N) is 2. The number of H-pyrrole nitrogens is 1. The molecule has 0 radical (unpaired) electrons. The molecule has 0 aliphatic carbocycles. The molecule has 2 aromatic rings. The molecule has 2 heterocycles. The lowest BCUT2D eigenvalue weighted by molar-refractivity contribution is 0.0515. The Balaban J connectivity index is 1.65. The fourth-order valence-electron chi connectivity index (χ4n) is 3.46. The number of ketones is 1. The van der Waals surface area contributed by atoms with Crippen LogP contribution >= 0.6 is 11.8 Å². The first-order valence-corrected chi connectivity index (χ1v) is 10.4. The number of rotatable bonds is 7. The van der Waals surface area contributed by atoms with Gasteiger partial charge in [-0.15, -0.1) is 11.8 Å². The molecule has 1 aromatic heterocycles. The Morgan fingerprint density at radius 3 is 2.81 bits per heavy atom. The second-order valence-electron chi connectivity index (χ2n) is 6.66. The van der Waals surface area contributed by atoms with Crippen molar-refractivity contribution < 1.29 is 14.3 Å². The number of hydrogen-bond acceptors (Lipinski definition) is 6. The Hall–Kier alpha value is -2.12. The summed E-state index contributed by atoms with van der Waals surface area (Å²) in [6.07, 6.45) is 5.55. The van der Waals surface area contributed by atoms with E-state index in [9.17, 15) is 9.59 Å². The summed E-state index contributed by atoms with van der Waals surface area (Å²) in [6, 6.07) is 7.83. The zero-order valence-electron chi connectivity index (χ0n) is 15.7. The molecule has 0 unspecified atom stereocenters. The van der Waals surface area contributed by atoms with Crippen LogP contribution in [0.3, 0.4) is 0 Å². The molecular formula is C20H25N3O3S. The van der Waals surface area contributed by atoms with Crippen LogP contribution in [0.25, 0.3) is 0 Å². The van der Waals surface area contributed by atoms with Crippen molar-refractivity contribution in [2.45, 2.75) is 31.2 Å². The molecule has 1 saturated heterocycles. The maximum atomic E-state index is 12.9. The van der Waals surface area contributed by atoms with E-state index in [0.717, 1.165) is 35.4 Å². The maximum absolute atomic E-state index is 12.9. The number of nitrogens with one attached hydrogen (secondary N) is 1. The zero-order valence-corrected chi connectivity index (χ0v) is 16.6. The summed E-state index contributed by atoms with van der Waals surface area (Å²) < 4.78 is 5.07. The highest BCUT2D eigenvalue weighted by Crippen LogP contribution is 2.24. The summed E-state index contributed by atoms with van der Waals surface area (Å²) in [5.41, 5.74) is 1.99. The summed E-state index contributed by atoms with van der Waals surface area (Å²) in [6.45, 7) is 4.28. The molecule has 0 saturated carbocycles. The van der Waals surface area contributed by atoms with E-state index in [0.29, 0.717) is 25.4 Å². The van der Waals surface area contributed by atoms with Crippen LogP contribution in [0.4, 0.5) is 0 Å². The van der Waals surface area contributed by atoms with Crippen LogP contribution in [0.1, 0.15) is 46.2 Å². The van der Waals surface area contributed by atoms with Gasteiger partial charge >= 0.3 is 5.97 Å². The molecule has 1 atom stereocenters. The van der Waals surface area contributed by atoms with Crippen molar-refractivity contribution in [1.82, 2.24) is 15.1 Å². The Labute approximate surface area is 163 Å². The fourth-order valence-corrected chi connectivity index (χ4v) is 3.86. The van der Waals surface area contributed by atoms with Gasteiger partial charge in [0.2, 0.25) is 0 Å². The molecule has 1 aliphatic heterocycles. The van der Waals surface area contributed by atoms with E-state index in [1.807, 2.05) is 30.5 Å². The highest BCUT2D eigenvalue weighted by atomic mass is 32.2. The molecule has 7 heteroatoms. The molecule has 144 valence electrons. The highest BCUT2D eigenvalue weighted by molar-refractivity contribution is 7.98. The third kappa shape index (κ3) is 4.78. The van der Waals surface area contributed by atoms with Crippen LogP contribution in [-0.4, -0.2) is 52.8 Å². The van der Waals surface area contributed by atoms with Gasteiger partial charge in [-0.05, 0) is 44.7 Å². The van der Waals surface area contributed by atoms with Crippen molar-refractivity contribution >= 4 is 23.5 Å². The molecule has 1 N–H and O–H groups in total. The first-order valence-electron chi connectivity index (χ1n) is 9.22. The number of likely N-dealkylation sites (tertiary alicyclic amines) is 1. The van der Waals surface area contributed by atoms with E-state index in [1.54, 1.807) is 24.9 Å². The molecule has 0 amide bonds. The maximum Gasteiger partial charge on any atom is 0.356 e. The summed E-state index contributed by atoms with van der Waals surface area (Å²) in [4.78, 5) is 28.3. The lowest BCUT2D eigenvalue weighted by atomic mass is 9.90. The molecule has 0 bridgehead atoms. The van der Waals surface area contributed by atoms with Gasteiger partial charge in [0, 0.05) is 35.0 Å². The number of carbonyl (C=O) groups excluding carboxylic acids is 2. The summed E-state index contributed by atoms with van der Waals surface area (Å²) in [5.74, 6) is -0.203. The SMILES string of the molecule is CCOC(=O)c1[nH]ncc1CN1CCC[C@@H](C(=O)c2ccc(SC)cc2)C1. The van der Waals surface area contributed by atoms with Gasteiger partial charge in [-0.1, -0.05) is 12.1 Å².